The Labute approximate surface area is 115 Å². The number of halogens is 2. The van der Waals surface area contributed by atoms with Crippen molar-refractivity contribution in [1.29, 1.82) is 0 Å². The molecule has 0 aliphatic heterocycles. The minimum absolute atomic E-state index is 0.503. The van der Waals surface area contributed by atoms with Gasteiger partial charge in [0.05, 0.1) is 45.7 Å². The summed E-state index contributed by atoms with van der Waals surface area (Å²) in [7, 11) is 0. The van der Waals surface area contributed by atoms with Crippen molar-refractivity contribution >= 4 is 51.7 Å². The van der Waals surface area contributed by atoms with Crippen LogP contribution in [0.2, 0.25) is 0 Å². The predicted molar refractivity (Wildman–Crippen MR) is 70.4 cm³/mol. The number of carbonyl (C=O) groups is 1. The first-order chi connectivity index (χ1) is 7.29. The monoisotopic (exact) mass is 453 g/mol. The van der Waals surface area contributed by atoms with E-state index in [1.165, 1.54) is 52.7 Å². The van der Waals surface area contributed by atoms with Crippen LogP contribution in [0.15, 0.2) is 14.4 Å². The second-order valence-corrected chi connectivity index (χ2v) is 4.72. The molecule has 0 saturated heterocycles. The van der Waals surface area contributed by atoms with Crippen LogP contribution in [0.4, 0.5) is 0 Å². The predicted octanol–water partition coefficient (Wildman–Crippen LogP) is -0.786. The fourth-order valence-electron chi connectivity index (χ4n) is 0.953. The van der Waals surface area contributed by atoms with Crippen molar-refractivity contribution in [1.82, 2.24) is 10.1 Å². The summed E-state index contributed by atoms with van der Waals surface area (Å²) in [5.74, 6) is -1.33. The lowest BCUT2D eigenvalue weighted by Crippen LogP contribution is -2.51. The fraction of sp³-hybridized carbons (Fsp3) is 0.333. The third kappa shape index (κ3) is 2.07. The summed E-state index contributed by atoms with van der Waals surface area (Å²) < 4.78 is 1.79. The maximum atomic E-state index is 11.5. The lowest BCUT2D eigenvalue weighted by molar-refractivity contribution is -0.140. The Hall–Kier alpha value is -0.660. The molecular weight excluding hydrogens is 448 g/mol. The van der Waals surface area contributed by atoms with Gasteiger partial charge in [-0.2, -0.15) is 5.56 Å². The van der Waals surface area contributed by atoms with Gasteiger partial charge >= 0.3 is 23.0 Å². The second-order valence-electron chi connectivity index (χ2n) is 2.79. The first-order valence-corrected chi connectivity index (χ1v) is 5.77. The van der Waals surface area contributed by atoms with Crippen LogP contribution in [0.3, 0.4) is 0 Å². The maximum absolute atomic E-state index is 11.5. The number of carboxylic acid groups (broad SMARTS) is 1. The van der Waals surface area contributed by atoms with E-state index in [2.05, 4.69) is 0 Å². The van der Waals surface area contributed by atoms with Crippen LogP contribution in [0.5, 0.6) is 0 Å². The molecule has 88 valence electrons. The number of aliphatic carboxylic acids is 1. The van der Waals surface area contributed by atoms with Crippen LogP contribution in [0.25, 0.3) is 0 Å². The molecule has 1 aromatic rings. The number of rotatable bonds is 2. The quantitative estimate of drug-likeness (QED) is 0.592. The Balaban J connectivity index is 3.79. The van der Waals surface area contributed by atoms with Crippen LogP contribution >= 0.6 is 45.7 Å². The Morgan fingerprint density at radius 2 is 1.50 bits per heavy atom. The first-order valence-electron chi connectivity index (χ1n) is 3.84. The standard InChI is InChI=1S/C6H5I2N3O5/c1-2(3(12)13)9-4(14)10(7)6(16)11(8)5(9)15/h2H,1H3,(H,12,13). The molecule has 0 fully saturated rings. The topological polar surface area (TPSA) is 103 Å². The minimum atomic E-state index is -1.33. The van der Waals surface area contributed by atoms with Gasteiger partial charge in [-0.3, -0.25) is 0 Å². The third-order valence-electron chi connectivity index (χ3n) is 1.83. The van der Waals surface area contributed by atoms with Crippen molar-refractivity contribution in [3.8, 4) is 0 Å². The van der Waals surface area contributed by atoms with Gasteiger partial charge < -0.3 is 5.11 Å². The maximum Gasteiger partial charge on any atom is 0.354 e. The highest BCUT2D eigenvalue weighted by molar-refractivity contribution is 14.1. The molecule has 10 heteroatoms. The smallest absolute Gasteiger partial charge is 0.354 e. The van der Waals surface area contributed by atoms with E-state index in [1.54, 1.807) is 0 Å². The molecule has 0 aliphatic rings. The first kappa shape index (κ1) is 13.4. The van der Waals surface area contributed by atoms with Crippen molar-refractivity contribution in [2.45, 2.75) is 13.0 Å². The van der Waals surface area contributed by atoms with E-state index in [0.717, 1.165) is 0 Å². The molecule has 1 aromatic heterocycles. The highest BCUT2D eigenvalue weighted by Gasteiger charge is 2.21. The van der Waals surface area contributed by atoms with Crippen LogP contribution in [0, 0.1) is 0 Å². The van der Waals surface area contributed by atoms with Gasteiger partial charge in [0.1, 0.15) is 6.04 Å². The summed E-state index contributed by atoms with van der Waals surface area (Å²) in [4.78, 5) is 45.1. The molecule has 0 radical (unpaired) electrons. The summed E-state index contributed by atoms with van der Waals surface area (Å²) in [5.41, 5.74) is -2.73. The normalized spacial score (nSPS) is 12.4. The highest BCUT2D eigenvalue weighted by Crippen LogP contribution is 1.98. The van der Waals surface area contributed by atoms with Gasteiger partial charge in [0.15, 0.2) is 0 Å². The zero-order valence-corrected chi connectivity index (χ0v) is 12.1. The van der Waals surface area contributed by atoms with Crippen LogP contribution in [0.1, 0.15) is 13.0 Å². The Kier molecular flexibility index (Phi) is 3.92. The summed E-state index contributed by atoms with van der Waals surface area (Å²) in [6.45, 7) is 1.18. The fourth-order valence-corrected chi connectivity index (χ4v) is 2.26. The molecule has 0 spiro atoms. The van der Waals surface area contributed by atoms with E-state index >= 15 is 0 Å². The van der Waals surface area contributed by atoms with E-state index in [1.807, 2.05) is 0 Å². The highest BCUT2D eigenvalue weighted by atomic mass is 127. The summed E-state index contributed by atoms with van der Waals surface area (Å²) >= 11 is 2.81. The molecule has 0 saturated carbocycles. The number of carboxylic acids is 1. The molecule has 1 N–H and O–H groups in total. The molecule has 0 amide bonds. The molecule has 16 heavy (non-hydrogen) atoms. The largest absolute Gasteiger partial charge is 0.480 e. The summed E-state index contributed by atoms with van der Waals surface area (Å²) in [6.07, 6.45) is 0. The molecular formula is C6H5I2N3O5. The molecule has 0 bridgehead atoms. The van der Waals surface area contributed by atoms with Crippen molar-refractivity contribution < 1.29 is 9.90 Å². The van der Waals surface area contributed by atoms with Crippen molar-refractivity contribution in [2.24, 2.45) is 0 Å². The average molecular weight is 453 g/mol. The summed E-state index contributed by atoms with van der Waals surface area (Å²) in [6, 6.07) is -1.33. The molecule has 8 nitrogen and oxygen atoms in total. The Bertz CT molecular complexity index is 572. The van der Waals surface area contributed by atoms with E-state index in [-0.39, 0.29) is 0 Å². The van der Waals surface area contributed by atoms with Crippen molar-refractivity contribution in [3.63, 3.8) is 0 Å². The van der Waals surface area contributed by atoms with Gasteiger partial charge in [0.2, 0.25) is 0 Å². The molecule has 0 aliphatic carbocycles. The van der Waals surface area contributed by atoms with Gasteiger partial charge in [0.25, 0.3) is 0 Å². The van der Waals surface area contributed by atoms with Gasteiger partial charge in [-0.05, 0) is 6.92 Å². The molecule has 1 atom stereocenters. The average Bonchev–Trinajstić information content (AvgIpc) is 2.23. The van der Waals surface area contributed by atoms with Crippen LogP contribution < -0.4 is 17.1 Å². The molecule has 1 unspecified atom stereocenters. The minimum Gasteiger partial charge on any atom is -0.480 e. The lowest BCUT2D eigenvalue weighted by Gasteiger charge is -2.10. The molecule has 1 heterocycles. The zero-order valence-electron chi connectivity index (χ0n) is 7.76. The molecule has 0 aromatic carbocycles. The van der Waals surface area contributed by atoms with Gasteiger partial charge in [-0.15, -0.1) is 0 Å². The van der Waals surface area contributed by atoms with Gasteiger partial charge in [-0.25, -0.2) is 23.7 Å². The van der Waals surface area contributed by atoms with Crippen molar-refractivity contribution in [3.05, 3.63) is 31.5 Å². The second kappa shape index (κ2) is 4.68. The van der Waals surface area contributed by atoms with Crippen LogP contribution in [-0.4, -0.2) is 21.2 Å². The van der Waals surface area contributed by atoms with Crippen LogP contribution in [-0.2, 0) is 4.79 Å². The number of hydrogen-bond acceptors (Lipinski definition) is 4. The van der Waals surface area contributed by atoms with Gasteiger partial charge in [-0.1, -0.05) is 0 Å². The lowest BCUT2D eigenvalue weighted by atomic mass is 10.3. The Morgan fingerprint density at radius 1 is 1.12 bits per heavy atom. The van der Waals surface area contributed by atoms with Crippen molar-refractivity contribution in [2.75, 3.05) is 0 Å². The number of hydrogen-bond donors (Lipinski definition) is 1. The summed E-state index contributed by atoms with van der Waals surface area (Å²) in [5, 5.41) is 8.74. The van der Waals surface area contributed by atoms with E-state index in [4.69, 9.17) is 5.11 Å². The third-order valence-corrected chi connectivity index (χ3v) is 3.48. The van der Waals surface area contributed by atoms with Gasteiger partial charge in [0, 0.05) is 0 Å². The Morgan fingerprint density at radius 3 is 1.81 bits per heavy atom. The van der Waals surface area contributed by atoms with E-state index in [9.17, 15) is 19.2 Å². The molecule has 1 rings (SSSR count). The van der Waals surface area contributed by atoms with E-state index in [0.29, 0.717) is 10.1 Å². The number of nitrogens with zero attached hydrogens (tertiary/aromatic N) is 3. The number of aromatic nitrogens is 3. The van der Waals surface area contributed by atoms with E-state index < -0.39 is 29.1 Å². The zero-order chi connectivity index (χ0) is 12.6. The SMILES string of the molecule is CC(C(=O)O)n1c(=O)n(I)c(=O)n(I)c1=O.